The zero-order valence-corrected chi connectivity index (χ0v) is 17.0. The summed E-state index contributed by atoms with van der Waals surface area (Å²) in [5.74, 6) is 0.112. The number of hydrogen-bond acceptors (Lipinski definition) is 6. The highest BCUT2D eigenvalue weighted by molar-refractivity contribution is 7.98. The second kappa shape index (κ2) is 8.29. The second-order valence-corrected chi connectivity index (χ2v) is 8.21. The number of rotatable bonds is 5. The Balaban J connectivity index is 1.43. The lowest BCUT2D eigenvalue weighted by atomic mass is 10.0. The standard InChI is InChI=1S/C21H22N4O3S/c1-29-20-17(11-22)16(10-18(24-20)13-2-3-13)19(26)23-15-4-7-25(8-5-15)21(27)14-6-9-28-12-14/h6,9-10,12-13,15H,2-5,7-8H2,1H3,(H,23,26). The topological polar surface area (TPSA) is 99.2 Å². The number of nitrogens with one attached hydrogen (secondary N) is 1. The van der Waals surface area contributed by atoms with Gasteiger partial charge in [0, 0.05) is 30.7 Å². The van der Waals surface area contributed by atoms with Crippen molar-refractivity contribution < 1.29 is 14.0 Å². The molecule has 1 N–H and O–H groups in total. The van der Waals surface area contributed by atoms with E-state index in [9.17, 15) is 14.9 Å². The molecule has 0 radical (unpaired) electrons. The van der Waals surface area contributed by atoms with Crippen LogP contribution in [0.25, 0.3) is 0 Å². The monoisotopic (exact) mass is 410 g/mol. The Hall–Kier alpha value is -2.79. The zero-order valence-electron chi connectivity index (χ0n) is 16.2. The second-order valence-electron chi connectivity index (χ2n) is 7.42. The fourth-order valence-electron chi connectivity index (χ4n) is 3.62. The summed E-state index contributed by atoms with van der Waals surface area (Å²) < 4.78 is 4.98. The van der Waals surface area contributed by atoms with Gasteiger partial charge in [-0.2, -0.15) is 5.26 Å². The molecule has 1 aliphatic carbocycles. The van der Waals surface area contributed by atoms with E-state index in [0.29, 0.717) is 53.6 Å². The molecule has 0 spiro atoms. The third kappa shape index (κ3) is 4.15. The molecule has 4 rings (SSSR count). The van der Waals surface area contributed by atoms with E-state index >= 15 is 0 Å². The van der Waals surface area contributed by atoms with Gasteiger partial charge in [-0.25, -0.2) is 4.98 Å². The molecule has 2 amide bonds. The maximum Gasteiger partial charge on any atom is 0.257 e. The lowest BCUT2D eigenvalue weighted by molar-refractivity contribution is 0.0697. The van der Waals surface area contributed by atoms with Crippen molar-refractivity contribution in [3.8, 4) is 6.07 Å². The van der Waals surface area contributed by atoms with Gasteiger partial charge in [-0.3, -0.25) is 9.59 Å². The quantitative estimate of drug-likeness (QED) is 0.760. The molecule has 3 heterocycles. The van der Waals surface area contributed by atoms with Crippen LogP contribution in [0.4, 0.5) is 0 Å². The Kier molecular flexibility index (Phi) is 5.58. The van der Waals surface area contributed by atoms with Gasteiger partial charge in [-0.05, 0) is 44.1 Å². The first-order valence-corrected chi connectivity index (χ1v) is 10.9. The molecule has 2 aromatic rings. The number of likely N-dealkylation sites (tertiary alicyclic amines) is 1. The van der Waals surface area contributed by atoms with Gasteiger partial charge in [0.1, 0.15) is 17.4 Å². The van der Waals surface area contributed by atoms with E-state index in [1.54, 1.807) is 17.0 Å². The molecule has 2 aromatic heterocycles. The van der Waals surface area contributed by atoms with Crippen LogP contribution in [0, 0.1) is 11.3 Å². The third-order valence-electron chi connectivity index (χ3n) is 5.44. The van der Waals surface area contributed by atoms with Crippen molar-refractivity contribution in [2.45, 2.75) is 42.7 Å². The van der Waals surface area contributed by atoms with Gasteiger partial charge in [-0.15, -0.1) is 11.8 Å². The van der Waals surface area contributed by atoms with Gasteiger partial charge in [0.05, 0.1) is 23.0 Å². The summed E-state index contributed by atoms with van der Waals surface area (Å²) in [4.78, 5) is 31.7. The van der Waals surface area contributed by atoms with Gasteiger partial charge in [-0.1, -0.05) is 0 Å². The summed E-state index contributed by atoms with van der Waals surface area (Å²) in [6.07, 6.45) is 8.31. The summed E-state index contributed by atoms with van der Waals surface area (Å²) in [5.41, 5.74) is 2.19. The number of hydrogen-bond donors (Lipinski definition) is 1. The van der Waals surface area contributed by atoms with Crippen LogP contribution in [0.15, 0.2) is 34.1 Å². The lowest BCUT2D eigenvalue weighted by Gasteiger charge is -2.32. The molecule has 0 bridgehead atoms. The van der Waals surface area contributed by atoms with Crippen molar-refractivity contribution >= 4 is 23.6 Å². The molecule has 1 aliphatic heterocycles. The smallest absolute Gasteiger partial charge is 0.257 e. The highest BCUT2D eigenvalue weighted by Crippen LogP contribution is 2.40. The minimum Gasteiger partial charge on any atom is -0.472 e. The number of furan rings is 1. The maximum absolute atomic E-state index is 13.0. The van der Waals surface area contributed by atoms with Crippen LogP contribution in [0.1, 0.15) is 63.6 Å². The van der Waals surface area contributed by atoms with E-state index in [4.69, 9.17) is 4.42 Å². The maximum atomic E-state index is 13.0. The third-order valence-corrected chi connectivity index (χ3v) is 6.12. The predicted molar refractivity (Wildman–Crippen MR) is 108 cm³/mol. The van der Waals surface area contributed by atoms with Gasteiger partial charge in [0.2, 0.25) is 0 Å². The largest absolute Gasteiger partial charge is 0.472 e. The molecule has 29 heavy (non-hydrogen) atoms. The first-order chi connectivity index (χ1) is 14.1. The molecule has 1 saturated heterocycles. The van der Waals surface area contributed by atoms with Crippen molar-refractivity contribution in [1.29, 1.82) is 5.26 Å². The molecule has 0 unspecified atom stereocenters. The predicted octanol–water partition coefficient (Wildman–Crippen LogP) is 3.18. The lowest BCUT2D eigenvalue weighted by Crippen LogP contribution is -2.46. The van der Waals surface area contributed by atoms with Crippen molar-refractivity contribution in [3.63, 3.8) is 0 Å². The Morgan fingerprint density at radius 3 is 2.66 bits per heavy atom. The molecule has 8 heteroatoms. The van der Waals surface area contributed by atoms with Gasteiger partial charge in [0.15, 0.2) is 0 Å². The Labute approximate surface area is 173 Å². The van der Waals surface area contributed by atoms with E-state index in [-0.39, 0.29) is 17.9 Å². The minimum absolute atomic E-state index is 0.0299. The Bertz CT molecular complexity index is 955. The van der Waals surface area contributed by atoms with E-state index in [2.05, 4.69) is 16.4 Å². The number of nitrogens with zero attached hydrogens (tertiary/aromatic N) is 3. The van der Waals surface area contributed by atoms with Gasteiger partial charge >= 0.3 is 0 Å². The minimum atomic E-state index is -0.235. The summed E-state index contributed by atoms with van der Waals surface area (Å²) in [6.45, 7) is 1.14. The van der Waals surface area contributed by atoms with Crippen molar-refractivity contribution in [1.82, 2.24) is 15.2 Å². The van der Waals surface area contributed by atoms with Crippen LogP contribution in [0.2, 0.25) is 0 Å². The van der Waals surface area contributed by atoms with Crippen LogP contribution in [0.3, 0.4) is 0 Å². The van der Waals surface area contributed by atoms with E-state index in [1.165, 1.54) is 24.3 Å². The molecule has 2 aliphatic rings. The first-order valence-electron chi connectivity index (χ1n) is 9.72. The summed E-state index contributed by atoms with van der Waals surface area (Å²) in [6, 6.07) is 5.56. The SMILES string of the molecule is CSc1nc(C2CC2)cc(C(=O)NC2CCN(C(=O)c3ccoc3)CC2)c1C#N. The molecule has 2 fully saturated rings. The van der Waals surface area contributed by atoms with Crippen LogP contribution in [0.5, 0.6) is 0 Å². The zero-order chi connectivity index (χ0) is 20.4. The van der Waals surface area contributed by atoms with E-state index < -0.39 is 0 Å². The molecular formula is C21H22N4O3S. The normalized spacial score (nSPS) is 17.0. The number of aromatic nitrogens is 1. The molecular weight excluding hydrogens is 388 g/mol. The summed E-state index contributed by atoms with van der Waals surface area (Å²) in [5, 5.41) is 13.3. The highest BCUT2D eigenvalue weighted by atomic mass is 32.2. The van der Waals surface area contributed by atoms with E-state index in [1.807, 2.05) is 6.26 Å². The molecule has 1 saturated carbocycles. The van der Waals surface area contributed by atoms with Crippen LogP contribution < -0.4 is 5.32 Å². The molecule has 0 aromatic carbocycles. The fraction of sp³-hybridized carbons (Fsp3) is 0.429. The van der Waals surface area contributed by atoms with Crippen LogP contribution in [-0.2, 0) is 0 Å². The molecule has 7 nitrogen and oxygen atoms in total. The number of nitriles is 1. The number of pyridine rings is 1. The average Bonchev–Trinajstić information content (AvgIpc) is 3.46. The summed E-state index contributed by atoms with van der Waals surface area (Å²) >= 11 is 1.39. The van der Waals surface area contributed by atoms with Crippen molar-refractivity contribution in [2.75, 3.05) is 19.3 Å². The fourth-order valence-corrected chi connectivity index (χ4v) is 4.18. The number of amides is 2. The first kappa shape index (κ1) is 19.5. The molecule has 0 atom stereocenters. The number of thioether (sulfide) groups is 1. The average molecular weight is 410 g/mol. The van der Waals surface area contributed by atoms with Crippen molar-refractivity contribution in [3.05, 3.63) is 47.0 Å². The van der Waals surface area contributed by atoms with Crippen LogP contribution in [-0.4, -0.2) is 47.1 Å². The van der Waals surface area contributed by atoms with Gasteiger partial charge in [0.25, 0.3) is 11.8 Å². The summed E-state index contributed by atoms with van der Waals surface area (Å²) in [7, 11) is 0. The van der Waals surface area contributed by atoms with Crippen molar-refractivity contribution in [2.24, 2.45) is 0 Å². The van der Waals surface area contributed by atoms with E-state index in [0.717, 1.165) is 18.5 Å². The van der Waals surface area contributed by atoms with Gasteiger partial charge < -0.3 is 14.6 Å². The number of carbonyl (C=O) groups is 2. The Morgan fingerprint density at radius 1 is 1.31 bits per heavy atom. The number of carbonyl (C=O) groups excluding carboxylic acids is 2. The van der Waals surface area contributed by atoms with Crippen LogP contribution >= 0.6 is 11.8 Å². The Morgan fingerprint density at radius 2 is 2.07 bits per heavy atom. The highest BCUT2D eigenvalue weighted by Gasteiger charge is 2.30. The molecule has 150 valence electrons. The number of piperidine rings is 1.